The normalized spacial score (nSPS) is 11.1. The number of hydrogen-bond donors (Lipinski definition) is 0. The maximum absolute atomic E-state index is 13.1. The van der Waals surface area contributed by atoms with Crippen LogP contribution in [0.4, 0.5) is 0 Å². The summed E-state index contributed by atoms with van der Waals surface area (Å²) in [7, 11) is 3.43. The standard InChI is InChI=1S/C21H23N3O2/c1-14(2)13-24-18-8-6-5-7-17(18)22-19(21(24)26)15-9-11-16(12-10-15)20(25)23(3)4/h5-12,14H,13H2,1-4H3. The average molecular weight is 349 g/mol. The summed E-state index contributed by atoms with van der Waals surface area (Å²) in [6.07, 6.45) is 0. The van der Waals surface area contributed by atoms with Crippen molar-refractivity contribution in [3.8, 4) is 11.3 Å². The summed E-state index contributed by atoms with van der Waals surface area (Å²) in [6, 6.07) is 14.7. The first-order valence-corrected chi connectivity index (χ1v) is 8.70. The maximum Gasteiger partial charge on any atom is 0.277 e. The molecule has 26 heavy (non-hydrogen) atoms. The predicted molar refractivity (Wildman–Crippen MR) is 104 cm³/mol. The zero-order chi connectivity index (χ0) is 18.8. The van der Waals surface area contributed by atoms with Gasteiger partial charge in [-0.05, 0) is 30.2 Å². The van der Waals surface area contributed by atoms with Gasteiger partial charge in [-0.25, -0.2) is 4.98 Å². The number of carbonyl (C=O) groups excluding carboxylic acids is 1. The molecule has 0 atom stereocenters. The van der Waals surface area contributed by atoms with Gasteiger partial charge in [-0.2, -0.15) is 0 Å². The lowest BCUT2D eigenvalue weighted by molar-refractivity contribution is 0.0827. The zero-order valence-electron chi connectivity index (χ0n) is 15.6. The van der Waals surface area contributed by atoms with Gasteiger partial charge in [-0.15, -0.1) is 0 Å². The van der Waals surface area contributed by atoms with Crippen LogP contribution in [0.3, 0.4) is 0 Å². The van der Waals surface area contributed by atoms with E-state index in [-0.39, 0.29) is 11.5 Å². The van der Waals surface area contributed by atoms with Crippen LogP contribution in [-0.4, -0.2) is 34.5 Å². The molecule has 3 aromatic rings. The molecule has 0 saturated heterocycles. The van der Waals surface area contributed by atoms with Crippen LogP contribution in [0.1, 0.15) is 24.2 Å². The molecule has 0 unspecified atom stereocenters. The van der Waals surface area contributed by atoms with Gasteiger partial charge in [0.1, 0.15) is 5.69 Å². The van der Waals surface area contributed by atoms with E-state index in [9.17, 15) is 9.59 Å². The summed E-state index contributed by atoms with van der Waals surface area (Å²) in [5.74, 6) is 0.270. The molecule has 1 aromatic heterocycles. The van der Waals surface area contributed by atoms with Crippen molar-refractivity contribution in [2.75, 3.05) is 14.1 Å². The van der Waals surface area contributed by atoms with Crippen LogP contribution in [0.15, 0.2) is 53.3 Å². The van der Waals surface area contributed by atoms with Crippen molar-refractivity contribution in [2.24, 2.45) is 5.92 Å². The summed E-state index contributed by atoms with van der Waals surface area (Å²) in [6.45, 7) is 4.80. The van der Waals surface area contributed by atoms with E-state index in [1.165, 1.54) is 4.90 Å². The van der Waals surface area contributed by atoms with Gasteiger partial charge >= 0.3 is 0 Å². The summed E-state index contributed by atoms with van der Waals surface area (Å²) < 4.78 is 1.79. The smallest absolute Gasteiger partial charge is 0.277 e. The van der Waals surface area contributed by atoms with Gasteiger partial charge in [0.15, 0.2) is 0 Å². The Hall–Kier alpha value is -2.95. The highest BCUT2D eigenvalue weighted by atomic mass is 16.2. The van der Waals surface area contributed by atoms with Crippen LogP contribution in [0.2, 0.25) is 0 Å². The highest BCUT2D eigenvalue weighted by Crippen LogP contribution is 2.19. The topological polar surface area (TPSA) is 55.2 Å². The van der Waals surface area contributed by atoms with Crippen molar-refractivity contribution < 1.29 is 4.79 Å². The van der Waals surface area contributed by atoms with Gasteiger partial charge in [0.25, 0.3) is 11.5 Å². The largest absolute Gasteiger partial charge is 0.345 e. The molecule has 5 nitrogen and oxygen atoms in total. The lowest BCUT2D eigenvalue weighted by Crippen LogP contribution is -2.25. The average Bonchev–Trinajstić information content (AvgIpc) is 2.63. The van der Waals surface area contributed by atoms with E-state index in [1.807, 2.05) is 24.3 Å². The van der Waals surface area contributed by atoms with Crippen LogP contribution < -0.4 is 5.56 Å². The molecule has 5 heteroatoms. The molecule has 0 spiro atoms. The number of carbonyl (C=O) groups is 1. The molecule has 1 heterocycles. The molecule has 0 fully saturated rings. The van der Waals surface area contributed by atoms with Gasteiger partial charge in [0.05, 0.1) is 11.0 Å². The number of fused-ring (bicyclic) bond motifs is 1. The minimum absolute atomic E-state index is 0.0692. The van der Waals surface area contributed by atoms with Gasteiger partial charge < -0.3 is 9.47 Å². The number of nitrogens with zero attached hydrogens (tertiary/aromatic N) is 3. The van der Waals surface area contributed by atoms with E-state index in [1.54, 1.807) is 42.9 Å². The fraction of sp³-hybridized carbons (Fsp3) is 0.286. The second kappa shape index (κ2) is 7.12. The van der Waals surface area contributed by atoms with Crippen molar-refractivity contribution in [1.82, 2.24) is 14.5 Å². The van der Waals surface area contributed by atoms with E-state index in [2.05, 4.69) is 18.8 Å². The minimum atomic E-state index is -0.107. The summed E-state index contributed by atoms with van der Waals surface area (Å²) >= 11 is 0. The minimum Gasteiger partial charge on any atom is -0.345 e. The molecule has 0 aliphatic heterocycles. The Morgan fingerprint density at radius 2 is 1.73 bits per heavy atom. The van der Waals surface area contributed by atoms with Crippen molar-refractivity contribution >= 4 is 16.9 Å². The van der Waals surface area contributed by atoms with Crippen molar-refractivity contribution in [3.63, 3.8) is 0 Å². The molecule has 1 amide bonds. The number of rotatable bonds is 4. The quantitative estimate of drug-likeness (QED) is 0.725. The second-order valence-electron chi connectivity index (χ2n) is 7.04. The summed E-state index contributed by atoms with van der Waals surface area (Å²) in [5, 5.41) is 0. The molecule has 0 bridgehead atoms. The Morgan fingerprint density at radius 1 is 1.08 bits per heavy atom. The van der Waals surface area contributed by atoms with Crippen molar-refractivity contribution in [1.29, 1.82) is 0 Å². The maximum atomic E-state index is 13.1. The first-order chi connectivity index (χ1) is 12.4. The number of aromatic nitrogens is 2. The van der Waals surface area contributed by atoms with Crippen LogP contribution in [-0.2, 0) is 6.54 Å². The Labute approximate surface area is 152 Å². The van der Waals surface area contributed by atoms with Gasteiger partial charge in [-0.3, -0.25) is 9.59 Å². The predicted octanol–water partition coefficient (Wildman–Crippen LogP) is 3.42. The van der Waals surface area contributed by atoms with E-state index in [4.69, 9.17) is 0 Å². The number of para-hydroxylation sites is 2. The highest BCUT2D eigenvalue weighted by molar-refractivity contribution is 5.94. The fourth-order valence-corrected chi connectivity index (χ4v) is 2.96. The molecular formula is C21H23N3O2. The Morgan fingerprint density at radius 3 is 2.35 bits per heavy atom. The highest BCUT2D eigenvalue weighted by Gasteiger charge is 2.14. The van der Waals surface area contributed by atoms with Crippen molar-refractivity contribution in [2.45, 2.75) is 20.4 Å². The Kier molecular flexibility index (Phi) is 4.89. The number of benzene rings is 2. The molecule has 2 aromatic carbocycles. The molecule has 3 rings (SSSR count). The third kappa shape index (κ3) is 3.38. The molecule has 0 aliphatic carbocycles. The van der Waals surface area contributed by atoms with E-state index in [0.29, 0.717) is 29.3 Å². The summed E-state index contributed by atoms with van der Waals surface area (Å²) in [4.78, 5) is 31.2. The van der Waals surface area contributed by atoms with Crippen LogP contribution in [0, 0.1) is 5.92 Å². The van der Waals surface area contributed by atoms with Gasteiger partial charge in [0.2, 0.25) is 0 Å². The monoisotopic (exact) mass is 349 g/mol. The van der Waals surface area contributed by atoms with E-state index in [0.717, 1.165) is 11.0 Å². The van der Waals surface area contributed by atoms with Gasteiger partial charge in [-0.1, -0.05) is 38.1 Å². The molecule has 0 N–H and O–H groups in total. The molecular weight excluding hydrogens is 326 g/mol. The molecule has 0 radical (unpaired) electrons. The van der Waals surface area contributed by atoms with E-state index >= 15 is 0 Å². The Balaban J connectivity index is 2.15. The molecule has 0 aliphatic rings. The first-order valence-electron chi connectivity index (χ1n) is 8.70. The van der Waals surface area contributed by atoms with Crippen LogP contribution >= 0.6 is 0 Å². The number of hydrogen-bond acceptors (Lipinski definition) is 3. The molecule has 0 saturated carbocycles. The van der Waals surface area contributed by atoms with Crippen LogP contribution in [0.25, 0.3) is 22.3 Å². The first kappa shape index (κ1) is 17.9. The zero-order valence-corrected chi connectivity index (χ0v) is 15.6. The summed E-state index contributed by atoms with van der Waals surface area (Å²) in [5.41, 5.74) is 3.23. The SMILES string of the molecule is CC(C)Cn1c(=O)c(-c2ccc(C(=O)N(C)C)cc2)nc2ccccc21. The van der Waals surface area contributed by atoms with Crippen LogP contribution in [0.5, 0.6) is 0 Å². The third-order valence-corrected chi connectivity index (χ3v) is 4.21. The van der Waals surface area contributed by atoms with Crippen molar-refractivity contribution in [3.05, 3.63) is 64.4 Å². The third-order valence-electron chi connectivity index (χ3n) is 4.21. The lowest BCUT2D eigenvalue weighted by Gasteiger charge is -2.14. The second-order valence-corrected chi connectivity index (χ2v) is 7.04. The fourth-order valence-electron chi connectivity index (χ4n) is 2.96. The Bertz CT molecular complexity index is 1000. The van der Waals surface area contributed by atoms with E-state index < -0.39 is 0 Å². The number of amides is 1. The molecule has 134 valence electrons. The van der Waals surface area contributed by atoms with Gasteiger partial charge in [0, 0.05) is 31.8 Å². The lowest BCUT2D eigenvalue weighted by atomic mass is 10.1.